The number of halogens is 1. The van der Waals surface area contributed by atoms with Gasteiger partial charge in [-0.15, -0.1) is 12.4 Å². The zero-order valence-corrected chi connectivity index (χ0v) is 13.4. The molecule has 0 aromatic rings. The lowest BCUT2D eigenvalue weighted by Gasteiger charge is -2.39. The molecule has 1 spiro atoms. The van der Waals surface area contributed by atoms with Gasteiger partial charge in [0, 0.05) is 19.9 Å². The van der Waals surface area contributed by atoms with Gasteiger partial charge in [0.2, 0.25) is 0 Å². The van der Waals surface area contributed by atoms with Crippen LogP contribution in [0.3, 0.4) is 0 Å². The maximum Gasteiger partial charge on any atom is 0.303 e. The molecular weight excluding hydrogens is 294 g/mol. The first kappa shape index (κ1) is 16.6. The summed E-state index contributed by atoms with van der Waals surface area (Å²) in [6, 6.07) is 0.153. The molecule has 0 heterocycles. The highest BCUT2D eigenvalue weighted by atomic mass is 35.5. The number of ether oxygens (including phenoxy) is 2. The largest absolute Gasteiger partial charge is 0.459 e. The summed E-state index contributed by atoms with van der Waals surface area (Å²) in [5, 5.41) is 0. The van der Waals surface area contributed by atoms with Gasteiger partial charge in [-0.2, -0.15) is 0 Å². The third-order valence-electron chi connectivity index (χ3n) is 5.67. The quantitative estimate of drug-likeness (QED) is 0.786. The lowest BCUT2D eigenvalue weighted by atomic mass is 9.69. The number of hydrogen-bond acceptors (Lipinski definition) is 5. The number of nitrogens with two attached hydrogens (primary N) is 1. The van der Waals surface area contributed by atoms with E-state index in [-0.39, 0.29) is 48.0 Å². The van der Waals surface area contributed by atoms with Crippen molar-refractivity contribution in [3.63, 3.8) is 0 Å². The minimum atomic E-state index is -0.332. The number of fused-ring (bicyclic) bond motifs is 3. The number of hydrogen-bond donors (Lipinski definition) is 1. The minimum Gasteiger partial charge on any atom is -0.459 e. The SMILES string of the molecule is CC(=O)OC1CC2(CC1OC(C)=O)C1CCC(C1)C2N.Cl. The Hall–Kier alpha value is -0.810. The Bertz CT molecular complexity index is 413. The summed E-state index contributed by atoms with van der Waals surface area (Å²) in [6.07, 6.45) is 4.42. The third kappa shape index (κ3) is 2.66. The van der Waals surface area contributed by atoms with Crippen LogP contribution in [0.25, 0.3) is 0 Å². The number of rotatable bonds is 2. The molecule has 0 radical (unpaired) electrons. The van der Waals surface area contributed by atoms with Crippen molar-refractivity contribution in [3.8, 4) is 0 Å². The Balaban J connectivity index is 0.00000161. The molecule has 3 aliphatic rings. The molecule has 5 atom stereocenters. The van der Waals surface area contributed by atoms with Crippen molar-refractivity contribution >= 4 is 24.3 Å². The molecule has 3 saturated carbocycles. The molecule has 0 aromatic heterocycles. The minimum absolute atomic E-state index is 0. The molecule has 0 saturated heterocycles. The Morgan fingerprint density at radius 2 is 1.57 bits per heavy atom. The van der Waals surface area contributed by atoms with Gasteiger partial charge in [-0.3, -0.25) is 9.59 Å². The fourth-order valence-electron chi connectivity index (χ4n) is 4.97. The van der Waals surface area contributed by atoms with Crippen molar-refractivity contribution in [3.05, 3.63) is 0 Å². The standard InChI is InChI=1S/C15H23NO4.ClH/c1-8(17)19-12-6-15(7-13(12)20-9(2)18)11-4-3-10(5-11)14(15)16;/h10-14H,3-7,16H2,1-2H3;1H. The summed E-state index contributed by atoms with van der Waals surface area (Å²) in [6.45, 7) is 2.80. The molecule has 2 bridgehead atoms. The van der Waals surface area contributed by atoms with E-state index in [4.69, 9.17) is 15.2 Å². The van der Waals surface area contributed by atoms with Gasteiger partial charge in [0.15, 0.2) is 0 Å². The van der Waals surface area contributed by atoms with Crippen molar-refractivity contribution in [2.24, 2.45) is 23.0 Å². The molecule has 3 rings (SSSR count). The smallest absolute Gasteiger partial charge is 0.303 e. The topological polar surface area (TPSA) is 78.6 Å². The van der Waals surface area contributed by atoms with E-state index in [1.807, 2.05) is 0 Å². The number of esters is 2. The average Bonchev–Trinajstić information content (AvgIpc) is 2.98. The van der Waals surface area contributed by atoms with Crippen LogP contribution in [0.5, 0.6) is 0 Å². The highest BCUT2D eigenvalue weighted by Crippen LogP contribution is 2.62. The molecule has 21 heavy (non-hydrogen) atoms. The maximum absolute atomic E-state index is 11.3. The summed E-state index contributed by atoms with van der Waals surface area (Å²) in [5.41, 5.74) is 6.47. The van der Waals surface area contributed by atoms with Crippen molar-refractivity contribution in [1.29, 1.82) is 0 Å². The summed E-state index contributed by atoms with van der Waals surface area (Å²) >= 11 is 0. The van der Waals surface area contributed by atoms with Gasteiger partial charge in [-0.25, -0.2) is 0 Å². The van der Waals surface area contributed by atoms with Gasteiger partial charge in [0.1, 0.15) is 12.2 Å². The molecule has 6 heteroatoms. The maximum atomic E-state index is 11.3. The van der Waals surface area contributed by atoms with Gasteiger partial charge >= 0.3 is 11.9 Å². The predicted molar refractivity (Wildman–Crippen MR) is 78.8 cm³/mol. The van der Waals surface area contributed by atoms with E-state index >= 15 is 0 Å². The van der Waals surface area contributed by atoms with Gasteiger partial charge < -0.3 is 15.2 Å². The van der Waals surface area contributed by atoms with Gasteiger partial charge in [-0.05, 0) is 49.4 Å². The second-order valence-corrected chi connectivity index (χ2v) is 6.73. The molecular formula is C15H24ClNO4. The fraction of sp³-hybridized carbons (Fsp3) is 0.867. The molecule has 2 N–H and O–H groups in total. The van der Waals surface area contributed by atoms with Crippen LogP contribution in [0, 0.1) is 17.3 Å². The van der Waals surface area contributed by atoms with E-state index in [0.717, 1.165) is 12.8 Å². The highest BCUT2D eigenvalue weighted by Gasteiger charge is 2.62. The molecule has 5 nitrogen and oxygen atoms in total. The molecule has 0 aromatic carbocycles. The Kier molecular flexibility index (Phi) is 4.54. The normalized spacial score (nSPS) is 43.7. The molecule has 0 aliphatic heterocycles. The summed E-state index contributed by atoms with van der Waals surface area (Å²) in [4.78, 5) is 22.6. The van der Waals surface area contributed by atoms with Crippen LogP contribution in [-0.4, -0.2) is 30.2 Å². The summed E-state index contributed by atoms with van der Waals surface area (Å²) in [5.74, 6) is 0.553. The Labute approximate surface area is 131 Å². The van der Waals surface area contributed by atoms with Crippen molar-refractivity contribution in [1.82, 2.24) is 0 Å². The Morgan fingerprint density at radius 1 is 1.05 bits per heavy atom. The lowest BCUT2D eigenvalue weighted by Crippen LogP contribution is -2.45. The van der Waals surface area contributed by atoms with Crippen LogP contribution in [0.4, 0.5) is 0 Å². The van der Waals surface area contributed by atoms with Crippen molar-refractivity contribution in [2.45, 2.75) is 64.2 Å². The highest BCUT2D eigenvalue weighted by molar-refractivity contribution is 5.85. The van der Waals surface area contributed by atoms with Crippen LogP contribution < -0.4 is 5.73 Å². The van der Waals surface area contributed by atoms with Gasteiger partial charge in [0.05, 0.1) is 0 Å². The first-order valence-electron chi connectivity index (χ1n) is 7.52. The third-order valence-corrected chi connectivity index (χ3v) is 5.67. The Morgan fingerprint density at radius 3 is 1.95 bits per heavy atom. The first-order chi connectivity index (χ1) is 9.42. The van der Waals surface area contributed by atoms with E-state index < -0.39 is 0 Å². The van der Waals surface area contributed by atoms with E-state index in [1.54, 1.807) is 0 Å². The van der Waals surface area contributed by atoms with Crippen molar-refractivity contribution in [2.75, 3.05) is 0 Å². The molecule has 3 fully saturated rings. The van der Waals surface area contributed by atoms with E-state index in [1.165, 1.54) is 33.1 Å². The second kappa shape index (κ2) is 5.76. The van der Waals surface area contributed by atoms with Crippen LogP contribution in [0.1, 0.15) is 46.0 Å². The van der Waals surface area contributed by atoms with Gasteiger partial charge in [-0.1, -0.05) is 0 Å². The van der Waals surface area contributed by atoms with Gasteiger partial charge in [0.25, 0.3) is 0 Å². The molecule has 120 valence electrons. The second-order valence-electron chi connectivity index (χ2n) is 6.73. The van der Waals surface area contributed by atoms with Crippen molar-refractivity contribution < 1.29 is 19.1 Å². The van der Waals surface area contributed by atoms with E-state index in [2.05, 4.69) is 0 Å². The van der Waals surface area contributed by atoms with E-state index in [0.29, 0.717) is 11.8 Å². The fourth-order valence-corrected chi connectivity index (χ4v) is 4.97. The molecule has 3 aliphatic carbocycles. The van der Waals surface area contributed by atoms with Crippen LogP contribution in [-0.2, 0) is 19.1 Å². The first-order valence-corrected chi connectivity index (χ1v) is 7.52. The zero-order chi connectivity index (χ0) is 14.5. The molecule has 0 amide bonds. The van der Waals surface area contributed by atoms with Crippen LogP contribution >= 0.6 is 12.4 Å². The predicted octanol–water partition coefficient (Wildman–Crippen LogP) is 1.81. The van der Waals surface area contributed by atoms with Crippen LogP contribution in [0.2, 0.25) is 0 Å². The number of carbonyl (C=O) groups excluding carboxylic acids is 2. The summed E-state index contributed by atoms with van der Waals surface area (Å²) in [7, 11) is 0. The zero-order valence-electron chi connectivity index (χ0n) is 12.5. The monoisotopic (exact) mass is 317 g/mol. The summed E-state index contributed by atoms with van der Waals surface area (Å²) < 4.78 is 10.8. The lowest BCUT2D eigenvalue weighted by molar-refractivity contribution is -0.162. The van der Waals surface area contributed by atoms with E-state index in [9.17, 15) is 9.59 Å². The van der Waals surface area contributed by atoms with Crippen LogP contribution in [0.15, 0.2) is 0 Å². The number of carbonyl (C=O) groups is 2. The molecule has 5 unspecified atom stereocenters. The average molecular weight is 318 g/mol.